The maximum absolute atomic E-state index is 11.5. The molecule has 0 aromatic rings. The average molecular weight is 346 g/mol. The fourth-order valence-electron chi connectivity index (χ4n) is 2.41. The van der Waals surface area contributed by atoms with E-state index in [9.17, 15) is 13.2 Å². The smallest absolute Gasteiger partial charge is 0.222 e. The SMILES string of the molecule is CCNC(=NCCCN1CCCC1=O)NC(C)CCS(C)(=O)=O. The van der Waals surface area contributed by atoms with Gasteiger partial charge in [-0.2, -0.15) is 0 Å². The van der Waals surface area contributed by atoms with Gasteiger partial charge in [0.1, 0.15) is 9.84 Å². The fraction of sp³-hybridized carbons (Fsp3) is 0.867. The number of nitrogens with zero attached hydrogens (tertiary/aromatic N) is 2. The van der Waals surface area contributed by atoms with E-state index in [4.69, 9.17) is 0 Å². The van der Waals surface area contributed by atoms with Gasteiger partial charge in [-0.25, -0.2) is 8.42 Å². The van der Waals surface area contributed by atoms with Crippen LogP contribution in [0.4, 0.5) is 0 Å². The summed E-state index contributed by atoms with van der Waals surface area (Å²) in [6, 6.07) is 0.0303. The van der Waals surface area contributed by atoms with E-state index in [0.29, 0.717) is 25.3 Å². The molecule has 1 unspecified atom stereocenters. The highest BCUT2D eigenvalue weighted by Crippen LogP contribution is 2.09. The van der Waals surface area contributed by atoms with Crippen LogP contribution in [0.1, 0.15) is 39.5 Å². The van der Waals surface area contributed by atoms with Crippen LogP contribution in [0, 0.1) is 0 Å². The molecule has 1 saturated heterocycles. The first-order valence-electron chi connectivity index (χ1n) is 8.32. The van der Waals surface area contributed by atoms with Gasteiger partial charge in [0.05, 0.1) is 5.75 Å². The standard InChI is InChI=1S/C15H30N4O3S/c1-4-16-15(18-13(2)8-12-23(3,21)22)17-9-6-11-19-10-5-7-14(19)20/h13H,4-12H2,1-3H3,(H2,16,17,18). The molecule has 1 fully saturated rings. The number of likely N-dealkylation sites (tertiary alicyclic amines) is 1. The first kappa shape index (κ1) is 19.7. The molecule has 23 heavy (non-hydrogen) atoms. The van der Waals surface area contributed by atoms with Gasteiger partial charge in [-0.1, -0.05) is 0 Å². The molecule has 0 saturated carbocycles. The highest BCUT2D eigenvalue weighted by molar-refractivity contribution is 7.90. The third-order valence-electron chi connectivity index (χ3n) is 3.68. The molecule has 7 nitrogen and oxygen atoms in total. The van der Waals surface area contributed by atoms with Crippen molar-refractivity contribution in [1.82, 2.24) is 15.5 Å². The molecule has 1 rings (SSSR count). The van der Waals surface area contributed by atoms with Gasteiger partial charge >= 0.3 is 0 Å². The van der Waals surface area contributed by atoms with E-state index in [1.165, 1.54) is 6.26 Å². The molecule has 1 amide bonds. The van der Waals surface area contributed by atoms with Crippen molar-refractivity contribution in [3.63, 3.8) is 0 Å². The number of hydrogen-bond acceptors (Lipinski definition) is 4. The van der Waals surface area contributed by atoms with E-state index in [2.05, 4.69) is 15.6 Å². The van der Waals surface area contributed by atoms with Gasteiger partial charge in [-0.05, 0) is 33.1 Å². The number of carbonyl (C=O) groups excluding carboxylic acids is 1. The topological polar surface area (TPSA) is 90.9 Å². The number of aliphatic imine (C=N–C) groups is 1. The minimum absolute atomic E-state index is 0.0303. The summed E-state index contributed by atoms with van der Waals surface area (Å²) >= 11 is 0. The highest BCUT2D eigenvalue weighted by atomic mass is 32.2. The van der Waals surface area contributed by atoms with Crippen LogP contribution >= 0.6 is 0 Å². The number of carbonyl (C=O) groups is 1. The first-order valence-corrected chi connectivity index (χ1v) is 10.4. The Hall–Kier alpha value is -1.31. The second-order valence-electron chi connectivity index (χ2n) is 6.06. The van der Waals surface area contributed by atoms with Crippen molar-refractivity contribution in [3.05, 3.63) is 0 Å². The first-order chi connectivity index (χ1) is 10.8. The van der Waals surface area contributed by atoms with Crippen molar-refractivity contribution in [2.45, 2.75) is 45.6 Å². The number of rotatable bonds is 9. The lowest BCUT2D eigenvalue weighted by Gasteiger charge is -2.18. The maximum Gasteiger partial charge on any atom is 0.222 e. The maximum atomic E-state index is 11.5. The minimum Gasteiger partial charge on any atom is -0.357 e. The van der Waals surface area contributed by atoms with Crippen LogP contribution in [-0.4, -0.2) is 69.4 Å². The van der Waals surface area contributed by atoms with Gasteiger partial charge < -0.3 is 15.5 Å². The summed E-state index contributed by atoms with van der Waals surface area (Å²) in [6.07, 6.45) is 4.26. The molecule has 0 spiro atoms. The molecule has 0 bridgehead atoms. The van der Waals surface area contributed by atoms with E-state index in [0.717, 1.165) is 32.5 Å². The molecule has 1 aliphatic rings. The van der Waals surface area contributed by atoms with Gasteiger partial charge in [0.2, 0.25) is 5.91 Å². The van der Waals surface area contributed by atoms with E-state index in [1.54, 1.807) is 0 Å². The molecule has 0 aromatic heterocycles. The van der Waals surface area contributed by atoms with Crippen molar-refractivity contribution in [2.24, 2.45) is 4.99 Å². The quantitative estimate of drug-likeness (QED) is 0.358. The lowest BCUT2D eigenvalue weighted by atomic mass is 10.3. The number of amides is 1. The molecule has 0 aliphatic carbocycles. The molecule has 1 aliphatic heterocycles. The summed E-state index contributed by atoms with van der Waals surface area (Å²) in [7, 11) is -2.94. The second-order valence-corrected chi connectivity index (χ2v) is 8.32. The third kappa shape index (κ3) is 8.78. The Morgan fingerprint density at radius 1 is 1.43 bits per heavy atom. The molecule has 8 heteroatoms. The van der Waals surface area contributed by atoms with Crippen LogP contribution in [0.25, 0.3) is 0 Å². The van der Waals surface area contributed by atoms with Gasteiger partial charge in [0, 0.05) is 44.9 Å². The number of sulfone groups is 1. The number of hydrogen-bond donors (Lipinski definition) is 2. The average Bonchev–Trinajstić information content (AvgIpc) is 2.86. The Kier molecular flexibility index (Phi) is 8.36. The molecule has 0 aromatic carbocycles. The Morgan fingerprint density at radius 3 is 2.74 bits per heavy atom. The molecular formula is C15H30N4O3S. The van der Waals surface area contributed by atoms with Gasteiger partial charge in [0.25, 0.3) is 0 Å². The summed E-state index contributed by atoms with van der Waals surface area (Å²) in [6.45, 7) is 6.93. The van der Waals surface area contributed by atoms with Crippen LogP contribution < -0.4 is 10.6 Å². The lowest BCUT2D eigenvalue weighted by Crippen LogP contribution is -2.43. The fourth-order valence-corrected chi connectivity index (χ4v) is 3.19. The van der Waals surface area contributed by atoms with Crippen molar-refractivity contribution < 1.29 is 13.2 Å². The second kappa shape index (κ2) is 9.75. The molecule has 0 radical (unpaired) electrons. The monoisotopic (exact) mass is 346 g/mol. The third-order valence-corrected chi connectivity index (χ3v) is 4.65. The van der Waals surface area contributed by atoms with Crippen LogP contribution in [-0.2, 0) is 14.6 Å². The molecular weight excluding hydrogens is 316 g/mol. The van der Waals surface area contributed by atoms with E-state index in [1.807, 2.05) is 18.7 Å². The zero-order chi connectivity index (χ0) is 17.3. The van der Waals surface area contributed by atoms with E-state index >= 15 is 0 Å². The Labute approximate surface area is 139 Å². The summed E-state index contributed by atoms with van der Waals surface area (Å²) in [4.78, 5) is 17.9. The van der Waals surface area contributed by atoms with Crippen molar-refractivity contribution in [1.29, 1.82) is 0 Å². The van der Waals surface area contributed by atoms with Gasteiger partial charge in [-0.3, -0.25) is 9.79 Å². The predicted octanol–water partition coefficient (Wildman–Crippen LogP) is 0.377. The molecule has 134 valence electrons. The van der Waals surface area contributed by atoms with E-state index < -0.39 is 9.84 Å². The van der Waals surface area contributed by atoms with Gasteiger partial charge in [0.15, 0.2) is 5.96 Å². The Morgan fingerprint density at radius 2 is 2.17 bits per heavy atom. The number of nitrogens with one attached hydrogen (secondary N) is 2. The van der Waals surface area contributed by atoms with Gasteiger partial charge in [-0.15, -0.1) is 0 Å². The Balaban J connectivity index is 2.35. The molecule has 1 heterocycles. The summed E-state index contributed by atoms with van der Waals surface area (Å²) in [5.41, 5.74) is 0. The van der Waals surface area contributed by atoms with Crippen LogP contribution in [0.2, 0.25) is 0 Å². The normalized spacial score (nSPS) is 17.4. The molecule has 1 atom stereocenters. The summed E-state index contributed by atoms with van der Waals surface area (Å²) in [5, 5.41) is 6.38. The van der Waals surface area contributed by atoms with Crippen molar-refractivity contribution in [2.75, 3.05) is 38.2 Å². The van der Waals surface area contributed by atoms with Crippen molar-refractivity contribution in [3.8, 4) is 0 Å². The lowest BCUT2D eigenvalue weighted by molar-refractivity contribution is -0.127. The number of guanidine groups is 1. The summed E-state index contributed by atoms with van der Waals surface area (Å²) < 4.78 is 22.4. The largest absolute Gasteiger partial charge is 0.357 e. The zero-order valence-electron chi connectivity index (χ0n) is 14.5. The minimum atomic E-state index is -2.94. The Bertz CT molecular complexity index is 505. The van der Waals surface area contributed by atoms with Crippen molar-refractivity contribution >= 4 is 21.7 Å². The van der Waals surface area contributed by atoms with Crippen LogP contribution in [0.3, 0.4) is 0 Å². The van der Waals surface area contributed by atoms with Crippen LogP contribution in [0.15, 0.2) is 4.99 Å². The summed E-state index contributed by atoms with van der Waals surface area (Å²) in [5.74, 6) is 1.10. The zero-order valence-corrected chi connectivity index (χ0v) is 15.3. The highest BCUT2D eigenvalue weighted by Gasteiger charge is 2.18. The van der Waals surface area contributed by atoms with E-state index in [-0.39, 0.29) is 17.7 Å². The van der Waals surface area contributed by atoms with Crippen LogP contribution in [0.5, 0.6) is 0 Å². The molecule has 2 N–H and O–H groups in total. The predicted molar refractivity (Wildman–Crippen MR) is 93.3 cm³/mol.